The Morgan fingerprint density at radius 1 is 1.11 bits per heavy atom. The average Bonchev–Trinajstić information content (AvgIpc) is 3.14. The van der Waals surface area contributed by atoms with Crippen molar-refractivity contribution >= 4 is 44.1 Å². The summed E-state index contributed by atoms with van der Waals surface area (Å²) in [6, 6.07) is 13.0. The summed E-state index contributed by atoms with van der Waals surface area (Å²) in [7, 11) is 2.41. The maximum Gasteiger partial charge on any atom is 0.313 e. The van der Waals surface area contributed by atoms with Crippen LogP contribution in [0.25, 0.3) is 10.9 Å². The van der Waals surface area contributed by atoms with Gasteiger partial charge in [0.15, 0.2) is 0 Å². The lowest BCUT2D eigenvalue weighted by atomic mass is 10.0. The molecular formula is C25H31N5O4S. The molecule has 0 saturated heterocycles. The SMILES string of the molecule is CN(C)[C@H](CNC(=O)C(=O)Nc1ccc2c(c1)N(S(C)(=O)=O)CCC2)c1cn(C)c2ccccc12. The van der Waals surface area contributed by atoms with E-state index in [1.165, 1.54) is 4.31 Å². The van der Waals surface area contributed by atoms with Gasteiger partial charge in [-0.15, -0.1) is 0 Å². The van der Waals surface area contributed by atoms with Crippen LogP contribution in [0.1, 0.15) is 23.6 Å². The van der Waals surface area contributed by atoms with E-state index in [2.05, 4.69) is 10.6 Å². The number of sulfonamides is 1. The van der Waals surface area contributed by atoms with E-state index in [1.807, 2.05) is 61.1 Å². The number of likely N-dealkylation sites (N-methyl/N-ethyl adjacent to an activating group) is 1. The first-order chi connectivity index (χ1) is 16.6. The molecule has 10 heteroatoms. The highest BCUT2D eigenvalue weighted by Crippen LogP contribution is 2.32. The molecule has 1 atom stereocenters. The number of aryl methyl sites for hydroxylation is 2. The molecular weight excluding hydrogens is 466 g/mol. The zero-order chi connectivity index (χ0) is 25.3. The second-order valence-corrected chi connectivity index (χ2v) is 11.0. The van der Waals surface area contributed by atoms with Crippen LogP contribution in [0.5, 0.6) is 0 Å². The third kappa shape index (κ3) is 5.18. The second-order valence-electron chi connectivity index (χ2n) is 9.14. The molecule has 0 bridgehead atoms. The molecule has 0 radical (unpaired) electrons. The lowest BCUT2D eigenvalue weighted by Gasteiger charge is -2.29. The normalized spacial score (nSPS) is 14.6. The summed E-state index contributed by atoms with van der Waals surface area (Å²) in [6.07, 6.45) is 4.70. The minimum absolute atomic E-state index is 0.134. The van der Waals surface area contributed by atoms with Crippen LogP contribution in [-0.4, -0.2) is 63.1 Å². The van der Waals surface area contributed by atoms with Gasteiger partial charge < -0.3 is 20.1 Å². The van der Waals surface area contributed by atoms with Crippen molar-refractivity contribution in [3.63, 3.8) is 0 Å². The van der Waals surface area contributed by atoms with E-state index < -0.39 is 21.8 Å². The van der Waals surface area contributed by atoms with E-state index in [0.29, 0.717) is 17.9 Å². The number of amides is 2. The highest BCUT2D eigenvalue weighted by Gasteiger charge is 2.25. The summed E-state index contributed by atoms with van der Waals surface area (Å²) in [5.41, 5.74) is 3.96. The molecule has 9 nitrogen and oxygen atoms in total. The first-order valence-electron chi connectivity index (χ1n) is 11.5. The zero-order valence-electron chi connectivity index (χ0n) is 20.4. The maximum absolute atomic E-state index is 12.6. The first-order valence-corrected chi connectivity index (χ1v) is 13.3. The predicted octanol–water partition coefficient (Wildman–Crippen LogP) is 2.25. The molecule has 0 fully saturated rings. The second kappa shape index (κ2) is 9.71. The Hall–Kier alpha value is -3.37. The molecule has 1 aliphatic heterocycles. The number of aromatic nitrogens is 1. The van der Waals surface area contributed by atoms with Crippen molar-refractivity contribution in [2.24, 2.45) is 7.05 Å². The van der Waals surface area contributed by atoms with Gasteiger partial charge in [0.2, 0.25) is 10.0 Å². The quantitative estimate of drug-likeness (QED) is 0.509. The molecule has 0 aliphatic carbocycles. The molecule has 35 heavy (non-hydrogen) atoms. The van der Waals surface area contributed by atoms with Gasteiger partial charge in [-0.2, -0.15) is 0 Å². The number of hydrogen-bond acceptors (Lipinski definition) is 5. The summed E-state index contributed by atoms with van der Waals surface area (Å²) in [6.45, 7) is 0.642. The molecule has 1 aliphatic rings. The number of carbonyl (C=O) groups excluding carboxylic acids is 2. The lowest BCUT2D eigenvalue weighted by Crippen LogP contribution is -2.40. The fourth-order valence-electron chi connectivity index (χ4n) is 4.63. The third-order valence-electron chi connectivity index (χ3n) is 6.39. The average molecular weight is 498 g/mol. The summed E-state index contributed by atoms with van der Waals surface area (Å²) in [5, 5.41) is 6.44. The number of hydrogen-bond donors (Lipinski definition) is 2. The van der Waals surface area contributed by atoms with Crippen molar-refractivity contribution in [2.45, 2.75) is 18.9 Å². The number of nitrogens with zero attached hydrogens (tertiary/aromatic N) is 3. The van der Waals surface area contributed by atoms with E-state index in [1.54, 1.807) is 18.2 Å². The molecule has 0 saturated carbocycles. The van der Waals surface area contributed by atoms with Crippen molar-refractivity contribution in [1.29, 1.82) is 0 Å². The lowest BCUT2D eigenvalue weighted by molar-refractivity contribution is -0.136. The van der Waals surface area contributed by atoms with E-state index in [-0.39, 0.29) is 12.6 Å². The summed E-state index contributed by atoms with van der Waals surface area (Å²) < 4.78 is 27.7. The molecule has 0 spiro atoms. The van der Waals surface area contributed by atoms with Gasteiger partial charge in [-0.3, -0.25) is 13.9 Å². The number of carbonyl (C=O) groups is 2. The minimum atomic E-state index is -3.43. The van der Waals surface area contributed by atoms with Crippen LogP contribution in [0.2, 0.25) is 0 Å². The predicted molar refractivity (Wildman–Crippen MR) is 138 cm³/mol. The van der Waals surface area contributed by atoms with Crippen molar-refractivity contribution in [3.8, 4) is 0 Å². The Morgan fingerprint density at radius 3 is 2.57 bits per heavy atom. The van der Waals surface area contributed by atoms with Crippen molar-refractivity contribution in [3.05, 3.63) is 59.8 Å². The van der Waals surface area contributed by atoms with Gasteiger partial charge in [0.1, 0.15) is 0 Å². The maximum atomic E-state index is 12.6. The smallest absolute Gasteiger partial charge is 0.313 e. The molecule has 3 aromatic rings. The summed E-state index contributed by atoms with van der Waals surface area (Å²) >= 11 is 0. The third-order valence-corrected chi connectivity index (χ3v) is 7.57. The van der Waals surface area contributed by atoms with Crippen LogP contribution in [0.15, 0.2) is 48.7 Å². The molecule has 2 heterocycles. The Bertz CT molecular complexity index is 1380. The van der Waals surface area contributed by atoms with E-state index in [4.69, 9.17) is 0 Å². The number of fused-ring (bicyclic) bond motifs is 2. The van der Waals surface area contributed by atoms with Crippen LogP contribution >= 0.6 is 0 Å². The molecule has 2 N–H and O–H groups in total. The Kier molecular flexibility index (Phi) is 6.86. The zero-order valence-corrected chi connectivity index (χ0v) is 21.2. The van der Waals surface area contributed by atoms with Gasteiger partial charge in [-0.05, 0) is 56.3 Å². The van der Waals surface area contributed by atoms with Crippen LogP contribution < -0.4 is 14.9 Å². The summed E-state index contributed by atoms with van der Waals surface area (Å²) in [5.74, 6) is -1.56. The standard InChI is InChI=1S/C25H31N5O4S/c1-28(2)23(20-16-29(3)21-10-6-5-9-19(20)21)15-26-24(31)25(32)27-18-12-11-17-8-7-13-30(22(17)14-18)35(4,33)34/h5-6,9-12,14,16,23H,7-8,13,15H2,1-4H3,(H,26,31)(H,27,32)/t23-/m1/s1. The van der Waals surface area contributed by atoms with Crippen molar-refractivity contribution in [1.82, 2.24) is 14.8 Å². The molecule has 2 aromatic carbocycles. The van der Waals surface area contributed by atoms with Crippen LogP contribution in [0.4, 0.5) is 11.4 Å². The van der Waals surface area contributed by atoms with E-state index >= 15 is 0 Å². The number of rotatable bonds is 6. The number of anilines is 2. The molecule has 0 unspecified atom stereocenters. The molecule has 4 rings (SSSR count). The largest absolute Gasteiger partial charge is 0.350 e. The van der Waals surface area contributed by atoms with Crippen LogP contribution in [0.3, 0.4) is 0 Å². The van der Waals surface area contributed by atoms with Crippen molar-refractivity contribution < 1.29 is 18.0 Å². The van der Waals surface area contributed by atoms with Gasteiger partial charge >= 0.3 is 11.8 Å². The van der Waals surface area contributed by atoms with Gasteiger partial charge in [-0.1, -0.05) is 24.3 Å². The highest BCUT2D eigenvalue weighted by molar-refractivity contribution is 7.92. The van der Waals surface area contributed by atoms with E-state index in [0.717, 1.165) is 41.1 Å². The van der Waals surface area contributed by atoms with Gasteiger partial charge in [0.05, 0.1) is 18.0 Å². The molecule has 2 amide bonds. The monoisotopic (exact) mass is 497 g/mol. The number of para-hydroxylation sites is 1. The number of benzene rings is 2. The fraction of sp³-hybridized carbons (Fsp3) is 0.360. The Balaban J connectivity index is 1.46. The topological polar surface area (TPSA) is 104 Å². The van der Waals surface area contributed by atoms with Gasteiger partial charge in [0, 0.05) is 42.9 Å². The number of nitrogens with one attached hydrogen (secondary N) is 2. The van der Waals surface area contributed by atoms with Crippen LogP contribution in [-0.2, 0) is 33.1 Å². The van der Waals surface area contributed by atoms with Gasteiger partial charge in [0.25, 0.3) is 0 Å². The fourth-order valence-corrected chi connectivity index (χ4v) is 5.62. The summed E-state index contributed by atoms with van der Waals surface area (Å²) in [4.78, 5) is 27.3. The molecule has 186 valence electrons. The highest BCUT2D eigenvalue weighted by atomic mass is 32.2. The van der Waals surface area contributed by atoms with Crippen molar-refractivity contribution in [2.75, 3.05) is 43.1 Å². The van der Waals surface area contributed by atoms with E-state index in [9.17, 15) is 18.0 Å². The first kappa shape index (κ1) is 24.7. The Labute approximate surface area is 205 Å². The Morgan fingerprint density at radius 2 is 1.86 bits per heavy atom. The minimum Gasteiger partial charge on any atom is -0.350 e. The van der Waals surface area contributed by atoms with Gasteiger partial charge in [-0.25, -0.2) is 8.42 Å². The molecule has 1 aromatic heterocycles. The van der Waals surface area contributed by atoms with Crippen LogP contribution in [0, 0.1) is 0 Å².